The number of ketones is 1. The van der Waals surface area contributed by atoms with E-state index in [1.54, 1.807) is 25.2 Å². The first kappa shape index (κ1) is 32.8. The van der Waals surface area contributed by atoms with Crippen molar-refractivity contribution < 1.29 is 29.4 Å². The third-order valence-electron chi connectivity index (χ3n) is 8.27. The normalized spacial score (nSPS) is 15.8. The fraction of sp³-hybridized carbons (Fsp3) is 0.424. The van der Waals surface area contributed by atoms with Gasteiger partial charge < -0.3 is 25.3 Å². The molecule has 1 amide bonds. The summed E-state index contributed by atoms with van der Waals surface area (Å²) in [7, 11) is -2.24. The third kappa shape index (κ3) is 8.08. The standard InChI is InChI=1S/C33H39N3O7Si/c1-4-6-24(25-14-12-22-17-29-27(18-26(22)25)32(40)36-30(19-37)34-29)20-8-10-21(11-9-20)31(39)35-28(33(41)42)15-13-23(38)7-5-16-44(2,3)43/h1,8-11,17-18,24-25,28,37,43H,5-7,12-16,19H2,2-3H3,(H,35,39)(H,41,42)(H,34,36,40)/t24?,25-,28+/m1/s1. The zero-order valence-electron chi connectivity index (χ0n) is 25.1. The first-order chi connectivity index (χ1) is 20.9. The number of H-pyrrole nitrogens is 1. The molecule has 3 atom stereocenters. The Bertz CT molecular complexity index is 1640. The number of carboxylic acid groups (broad SMARTS) is 1. The monoisotopic (exact) mass is 617 g/mol. The SMILES string of the molecule is C#CCC(c1ccc(C(=O)N[C@@H](CCC(=O)CCC[Si](C)(C)O)C(=O)O)cc1)[C@H]1CCc2cc3nc(CO)[nH]c(=O)c3cc21. The number of aryl methyl sites for hydroxylation is 1. The van der Waals surface area contributed by atoms with Gasteiger partial charge in [-0.3, -0.25) is 14.4 Å². The molecule has 232 valence electrons. The van der Waals surface area contributed by atoms with E-state index in [2.05, 4.69) is 21.2 Å². The van der Waals surface area contributed by atoms with Gasteiger partial charge in [0.1, 0.15) is 24.3 Å². The van der Waals surface area contributed by atoms with E-state index >= 15 is 0 Å². The molecular formula is C33H39N3O7Si. The molecule has 1 aliphatic carbocycles. The number of benzene rings is 2. The van der Waals surface area contributed by atoms with Gasteiger partial charge in [0.05, 0.1) is 10.9 Å². The van der Waals surface area contributed by atoms with Crippen molar-refractivity contribution in [2.45, 2.75) is 88.6 Å². The van der Waals surface area contributed by atoms with Gasteiger partial charge in [0.2, 0.25) is 0 Å². The fourth-order valence-corrected chi connectivity index (χ4v) is 7.01. The summed E-state index contributed by atoms with van der Waals surface area (Å²) in [6.45, 7) is 3.26. The first-order valence-electron chi connectivity index (χ1n) is 14.9. The van der Waals surface area contributed by atoms with Gasteiger partial charge in [-0.2, -0.15) is 0 Å². The first-order valence-corrected chi connectivity index (χ1v) is 18.0. The molecule has 0 bridgehead atoms. The van der Waals surface area contributed by atoms with E-state index in [9.17, 15) is 34.2 Å². The molecule has 0 saturated carbocycles. The molecule has 0 spiro atoms. The molecule has 1 unspecified atom stereocenters. The van der Waals surface area contributed by atoms with Gasteiger partial charge in [-0.25, -0.2) is 9.78 Å². The molecule has 2 aromatic carbocycles. The van der Waals surface area contributed by atoms with Crippen LogP contribution in [0.2, 0.25) is 19.1 Å². The Morgan fingerprint density at radius 3 is 2.55 bits per heavy atom. The van der Waals surface area contributed by atoms with Gasteiger partial charge in [0.25, 0.3) is 11.5 Å². The predicted molar refractivity (Wildman–Crippen MR) is 169 cm³/mol. The van der Waals surface area contributed by atoms with Gasteiger partial charge in [0.15, 0.2) is 8.32 Å². The minimum Gasteiger partial charge on any atom is -0.480 e. The van der Waals surface area contributed by atoms with Crippen molar-refractivity contribution in [1.29, 1.82) is 0 Å². The molecule has 0 fully saturated rings. The van der Waals surface area contributed by atoms with E-state index in [1.165, 1.54) is 0 Å². The molecule has 3 aromatic rings. The number of aliphatic hydroxyl groups is 1. The zero-order chi connectivity index (χ0) is 32.0. The lowest BCUT2D eigenvalue weighted by Crippen LogP contribution is -2.41. The number of hydrogen-bond acceptors (Lipinski definition) is 7. The largest absolute Gasteiger partial charge is 0.480 e. The Morgan fingerprint density at radius 1 is 1.18 bits per heavy atom. The number of nitrogens with zero attached hydrogens (tertiary/aromatic N) is 1. The van der Waals surface area contributed by atoms with E-state index < -0.39 is 26.2 Å². The molecule has 1 aromatic heterocycles. The number of rotatable bonds is 14. The van der Waals surface area contributed by atoms with E-state index in [-0.39, 0.29) is 60.4 Å². The average molecular weight is 618 g/mol. The molecular weight excluding hydrogens is 578 g/mol. The van der Waals surface area contributed by atoms with Crippen LogP contribution in [0.15, 0.2) is 41.2 Å². The van der Waals surface area contributed by atoms with Gasteiger partial charge in [-0.15, -0.1) is 12.3 Å². The number of aliphatic hydroxyl groups excluding tert-OH is 1. The number of hydrogen-bond donors (Lipinski definition) is 5. The third-order valence-corrected chi connectivity index (χ3v) is 9.85. The number of aromatic amines is 1. The Balaban J connectivity index is 1.45. The predicted octanol–water partition coefficient (Wildman–Crippen LogP) is 3.76. The number of amides is 1. The van der Waals surface area contributed by atoms with E-state index in [1.807, 2.05) is 24.3 Å². The molecule has 11 heteroatoms. The summed E-state index contributed by atoms with van der Waals surface area (Å²) in [6.07, 6.45) is 8.68. The van der Waals surface area contributed by atoms with Crippen LogP contribution >= 0.6 is 0 Å². The minimum atomic E-state index is -2.24. The summed E-state index contributed by atoms with van der Waals surface area (Å²) in [5.74, 6) is 1.10. The smallest absolute Gasteiger partial charge is 0.326 e. The molecule has 0 saturated heterocycles. The number of terminal acetylenes is 1. The van der Waals surface area contributed by atoms with Gasteiger partial charge in [-0.05, 0) is 91.7 Å². The number of carboxylic acids is 1. The Hall–Kier alpha value is -4.11. The molecule has 0 radical (unpaired) electrons. The topological polar surface area (TPSA) is 170 Å². The van der Waals surface area contributed by atoms with Crippen LogP contribution in [0.5, 0.6) is 0 Å². The zero-order valence-corrected chi connectivity index (χ0v) is 26.1. The molecule has 0 aliphatic heterocycles. The molecule has 44 heavy (non-hydrogen) atoms. The second kappa shape index (κ2) is 14.1. The maximum absolute atomic E-state index is 12.9. The number of Topliss-reactive ketones (excluding diaryl/α,β-unsaturated/α-hetero) is 1. The molecule has 5 N–H and O–H groups in total. The molecule has 4 rings (SSSR count). The Morgan fingerprint density at radius 2 is 1.91 bits per heavy atom. The van der Waals surface area contributed by atoms with E-state index in [4.69, 9.17) is 6.42 Å². The summed E-state index contributed by atoms with van der Waals surface area (Å²) in [4.78, 5) is 66.6. The maximum Gasteiger partial charge on any atom is 0.326 e. The van der Waals surface area contributed by atoms with Crippen LogP contribution in [0.1, 0.15) is 83.2 Å². The van der Waals surface area contributed by atoms with Crippen molar-refractivity contribution in [1.82, 2.24) is 15.3 Å². The van der Waals surface area contributed by atoms with Crippen molar-refractivity contribution >= 4 is 36.9 Å². The lowest BCUT2D eigenvalue weighted by Gasteiger charge is -2.24. The second-order valence-corrected chi connectivity index (χ2v) is 16.3. The minimum absolute atomic E-state index is 0.0163. The molecule has 1 aliphatic rings. The van der Waals surface area contributed by atoms with Crippen molar-refractivity contribution in [3.63, 3.8) is 0 Å². The van der Waals surface area contributed by atoms with Crippen molar-refractivity contribution in [3.05, 3.63) is 74.8 Å². The van der Waals surface area contributed by atoms with E-state index in [0.717, 1.165) is 29.5 Å². The summed E-state index contributed by atoms with van der Waals surface area (Å²) in [6, 6.07) is 10.1. The number of aromatic nitrogens is 2. The number of nitrogens with one attached hydrogen (secondary N) is 2. The highest BCUT2D eigenvalue weighted by Gasteiger charge is 2.32. The summed E-state index contributed by atoms with van der Waals surface area (Å²) >= 11 is 0. The van der Waals surface area contributed by atoms with Crippen LogP contribution in [0.4, 0.5) is 0 Å². The van der Waals surface area contributed by atoms with E-state index in [0.29, 0.717) is 29.8 Å². The number of fused-ring (bicyclic) bond motifs is 2. The highest BCUT2D eigenvalue weighted by molar-refractivity contribution is 6.69. The number of aliphatic carboxylic acids is 1. The van der Waals surface area contributed by atoms with Gasteiger partial charge in [0, 0.05) is 30.7 Å². The fourth-order valence-electron chi connectivity index (χ4n) is 5.96. The number of carbonyl (C=O) groups excluding carboxylic acids is 2. The highest BCUT2D eigenvalue weighted by atomic mass is 28.4. The summed E-state index contributed by atoms with van der Waals surface area (Å²) in [5, 5.41) is 22.0. The van der Waals surface area contributed by atoms with Crippen molar-refractivity contribution in [2.75, 3.05) is 0 Å². The Labute approximate surface area is 257 Å². The maximum atomic E-state index is 12.9. The van der Waals surface area contributed by atoms with Crippen molar-refractivity contribution in [3.8, 4) is 12.3 Å². The number of carbonyl (C=O) groups is 3. The highest BCUT2D eigenvalue weighted by Crippen LogP contribution is 2.45. The van der Waals surface area contributed by atoms with Crippen molar-refractivity contribution in [2.24, 2.45) is 0 Å². The van der Waals surface area contributed by atoms with Gasteiger partial charge >= 0.3 is 5.97 Å². The quantitative estimate of drug-likeness (QED) is 0.135. The average Bonchev–Trinajstić information content (AvgIpc) is 3.38. The van der Waals surface area contributed by atoms with Gasteiger partial charge in [-0.1, -0.05) is 12.1 Å². The second-order valence-electron chi connectivity index (χ2n) is 12.1. The van der Waals surface area contributed by atoms with Crippen LogP contribution < -0.4 is 10.9 Å². The summed E-state index contributed by atoms with van der Waals surface area (Å²) in [5.41, 5.74) is 3.56. The molecule has 10 nitrogen and oxygen atoms in total. The summed E-state index contributed by atoms with van der Waals surface area (Å²) < 4.78 is 0. The van der Waals surface area contributed by atoms with Crippen LogP contribution in [0.3, 0.4) is 0 Å². The van der Waals surface area contributed by atoms with Crippen LogP contribution in [-0.2, 0) is 22.6 Å². The van der Waals surface area contributed by atoms with Crippen LogP contribution in [0.25, 0.3) is 10.9 Å². The lowest BCUT2D eigenvalue weighted by molar-refractivity contribution is -0.139. The molecule has 1 heterocycles. The van der Waals surface area contributed by atoms with Crippen LogP contribution in [-0.4, -0.2) is 57.0 Å². The lowest BCUT2D eigenvalue weighted by atomic mass is 9.80. The Kier molecular flexibility index (Phi) is 10.5. The van der Waals surface area contributed by atoms with Crippen LogP contribution in [0, 0.1) is 12.3 Å².